The Morgan fingerprint density at radius 2 is 2.17 bits per heavy atom. The zero-order chi connectivity index (χ0) is 16.6. The number of fused-ring (bicyclic) bond motifs is 1. The number of amides is 1. The summed E-state index contributed by atoms with van der Waals surface area (Å²) < 4.78 is 11.4. The van der Waals surface area contributed by atoms with E-state index in [1.165, 1.54) is 0 Å². The first-order valence-electron chi connectivity index (χ1n) is 7.89. The first kappa shape index (κ1) is 16.1. The highest BCUT2D eigenvalue weighted by Crippen LogP contribution is 2.33. The fraction of sp³-hybridized carbons (Fsp3) is 0.529. The summed E-state index contributed by atoms with van der Waals surface area (Å²) in [5.74, 6) is 0.549. The number of nitrogens with zero attached hydrogens (tertiary/aromatic N) is 2. The van der Waals surface area contributed by atoms with E-state index in [1.54, 1.807) is 17.0 Å². The van der Waals surface area contributed by atoms with Crippen LogP contribution in [0.4, 0.5) is 4.79 Å². The molecule has 3 rings (SSSR count). The lowest BCUT2D eigenvalue weighted by molar-refractivity contribution is 0.00630. The molecule has 5 nitrogen and oxygen atoms in total. The molecule has 0 N–H and O–H groups in total. The number of carbonyl (C=O) groups excluding carboxylic acids is 1. The first-order valence-corrected chi connectivity index (χ1v) is 8.27. The second-order valence-electron chi connectivity index (χ2n) is 6.85. The van der Waals surface area contributed by atoms with Crippen molar-refractivity contribution in [2.75, 3.05) is 6.54 Å². The molecule has 1 fully saturated rings. The van der Waals surface area contributed by atoms with Crippen molar-refractivity contribution in [1.29, 1.82) is 0 Å². The predicted octanol–water partition coefficient (Wildman–Crippen LogP) is 4.94. The van der Waals surface area contributed by atoms with Crippen LogP contribution in [-0.4, -0.2) is 28.1 Å². The molecular weight excluding hydrogens is 316 g/mol. The maximum Gasteiger partial charge on any atom is 0.410 e. The third-order valence-electron chi connectivity index (χ3n) is 3.78. The Labute approximate surface area is 140 Å². The van der Waals surface area contributed by atoms with E-state index < -0.39 is 5.60 Å². The molecule has 0 saturated carbocycles. The average molecular weight is 337 g/mol. The molecule has 1 aliphatic heterocycles. The number of likely N-dealkylation sites (tertiary alicyclic amines) is 1. The van der Waals surface area contributed by atoms with Gasteiger partial charge in [0.2, 0.25) is 5.89 Å². The fourth-order valence-electron chi connectivity index (χ4n) is 2.79. The van der Waals surface area contributed by atoms with E-state index in [9.17, 15) is 4.79 Å². The molecule has 0 spiro atoms. The van der Waals surface area contributed by atoms with Gasteiger partial charge in [0.1, 0.15) is 17.2 Å². The van der Waals surface area contributed by atoms with E-state index in [1.807, 2.05) is 26.8 Å². The van der Waals surface area contributed by atoms with E-state index in [4.69, 9.17) is 20.8 Å². The van der Waals surface area contributed by atoms with Gasteiger partial charge in [-0.3, -0.25) is 4.90 Å². The van der Waals surface area contributed by atoms with Crippen molar-refractivity contribution in [2.45, 2.75) is 51.7 Å². The highest BCUT2D eigenvalue weighted by Gasteiger charge is 2.34. The highest BCUT2D eigenvalue weighted by molar-refractivity contribution is 6.31. The van der Waals surface area contributed by atoms with Crippen molar-refractivity contribution in [1.82, 2.24) is 9.88 Å². The summed E-state index contributed by atoms with van der Waals surface area (Å²) in [7, 11) is 0. The van der Waals surface area contributed by atoms with Gasteiger partial charge >= 0.3 is 6.09 Å². The largest absolute Gasteiger partial charge is 0.444 e. The topological polar surface area (TPSA) is 55.6 Å². The van der Waals surface area contributed by atoms with Gasteiger partial charge in [0.25, 0.3) is 0 Å². The van der Waals surface area contributed by atoms with Crippen molar-refractivity contribution < 1.29 is 13.9 Å². The maximum atomic E-state index is 12.5. The van der Waals surface area contributed by atoms with Gasteiger partial charge in [-0.1, -0.05) is 11.6 Å². The standard InChI is InChI=1S/C17H21ClN2O3/c1-17(2,3)23-16(21)20-9-5-4-6-13(20)15-19-12-8-7-11(18)10-14(12)22-15/h7-8,10,13H,4-6,9H2,1-3H3. The Morgan fingerprint density at radius 1 is 1.39 bits per heavy atom. The van der Waals surface area contributed by atoms with Crippen LogP contribution >= 0.6 is 11.6 Å². The molecule has 1 amide bonds. The van der Waals surface area contributed by atoms with E-state index in [0.29, 0.717) is 23.0 Å². The lowest BCUT2D eigenvalue weighted by atomic mass is 10.0. The molecule has 2 aromatic rings. The Hall–Kier alpha value is -1.75. The smallest absolute Gasteiger partial charge is 0.410 e. The van der Waals surface area contributed by atoms with Crippen LogP contribution in [0.2, 0.25) is 5.02 Å². The third-order valence-corrected chi connectivity index (χ3v) is 4.02. The zero-order valence-electron chi connectivity index (χ0n) is 13.6. The molecule has 1 atom stereocenters. The Balaban J connectivity index is 1.89. The Kier molecular flexibility index (Phi) is 4.23. The van der Waals surface area contributed by atoms with Gasteiger partial charge in [-0.15, -0.1) is 0 Å². The van der Waals surface area contributed by atoms with Gasteiger partial charge in [-0.05, 0) is 52.2 Å². The van der Waals surface area contributed by atoms with Crippen LogP contribution in [0.5, 0.6) is 0 Å². The normalized spacial score (nSPS) is 19.1. The number of benzene rings is 1. The molecular formula is C17H21ClN2O3. The van der Waals surface area contributed by atoms with E-state index in [-0.39, 0.29) is 12.1 Å². The number of rotatable bonds is 1. The lowest BCUT2D eigenvalue weighted by Gasteiger charge is -2.35. The fourth-order valence-corrected chi connectivity index (χ4v) is 2.95. The zero-order valence-corrected chi connectivity index (χ0v) is 14.4. The van der Waals surface area contributed by atoms with Crippen LogP contribution in [0.25, 0.3) is 11.1 Å². The summed E-state index contributed by atoms with van der Waals surface area (Å²) in [5.41, 5.74) is 0.870. The third kappa shape index (κ3) is 3.61. The first-order chi connectivity index (χ1) is 10.8. The molecule has 124 valence electrons. The number of aromatic nitrogens is 1. The van der Waals surface area contributed by atoms with Gasteiger partial charge in [0.05, 0.1) is 0 Å². The van der Waals surface area contributed by atoms with Gasteiger partial charge in [-0.2, -0.15) is 0 Å². The Morgan fingerprint density at radius 3 is 2.91 bits per heavy atom. The molecule has 6 heteroatoms. The summed E-state index contributed by atoms with van der Waals surface area (Å²) in [5, 5.41) is 0.604. The van der Waals surface area contributed by atoms with Crippen molar-refractivity contribution in [3.8, 4) is 0 Å². The lowest BCUT2D eigenvalue weighted by Crippen LogP contribution is -2.42. The summed E-state index contributed by atoms with van der Waals surface area (Å²) in [6.07, 6.45) is 2.49. The van der Waals surface area contributed by atoms with Gasteiger partial charge in [0, 0.05) is 17.6 Å². The second kappa shape index (κ2) is 6.04. The number of piperidine rings is 1. The minimum Gasteiger partial charge on any atom is -0.444 e. The average Bonchev–Trinajstić information content (AvgIpc) is 2.88. The summed E-state index contributed by atoms with van der Waals surface area (Å²) in [6.45, 7) is 6.25. The SMILES string of the molecule is CC(C)(C)OC(=O)N1CCCCC1c1nc2ccc(Cl)cc2o1. The monoisotopic (exact) mass is 336 g/mol. The van der Waals surface area contributed by atoms with Crippen LogP contribution in [0.3, 0.4) is 0 Å². The molecule has 1 saturated heterocycles. The van der Waals surface area contributed by atoms with Gasteiger partial charge in [-0.25, -0.2) is 9.78 Å². The minimum atomic E-state index is -0.520. The molecule has 0 bridgehead atoms. The molecule has 0 aliphatic carbocycles. The van der Waals surface area contributed by atoms with Crippen LogP contribution in [0.15, 0.2) is 22.6 Å². The Bertz CT molecular complexity index is 720. The molecule has 2 heterocycles. The van der Waals surface area contributed by atoms with Crippen molar-refractivity contribution in [2.24, 2.45) is 0 Å². The maximum absolute atomic E-state index is 12.5. The van der Waals surface area contributed by atoms with Crippen molar-refractivity contribution in [3.05, 3.63) is 29.1 Å². The molecule has 0 radical (unpaired) electrons. The number of carbonyl (C=O) groups is 1. The molecule has 1 aromatic heterocycles. The number of hydrogen-bond acceptors (Lipinski definition) is 4. The van der Waals surface area contributed by atoms with Gasteiger partial charge in [0.15, 0.2) is 5.58 Å². The summed E-state index contributed by atoms with van der Waals surface area (Å²) in [6, 6.07) is 5.16. The molecule has 23 heavy (non-hydrogen) atoms. The van der Waals surface area contributed by atoms with Crippen LogP contribution < -0.4 is 0 Å². The number of halogens is 1. The number of oxazole rings is 1. The number of ether oxygens (including phenoxy) is 1. The quantitative estimate of drug-likeness (QED) is 0.739. The highest BCUT2D eigenvalue weighted by atomic mass is 35.5. The van der Waals surface area contributed by atoms with E-state index >= 15 is 0 Å². The van der Waals surface area contributed by atoms with Crippen LogP contribution in [0, 0.1) is 0 Å². The summed E-state index contributed by atoms with van der Waals surface area (Å²) >= 11 is 5.99. The van der Waals surface area contributed by atoms with Crippen LogP contribution in [0.1, 0.15) is 52.0 Å². The van der Waals surface area contributed by atoms with Crippen LogP contribution in [-0.2, 0) is 4.74 Å². The second-order valence-corrected chi connectivity index (χ2v) is 7.29. The molecule has 1 unspecified atom stereocenters. The van der Waals surface area contributed by atoms with Crippen molar-refractivity contribution in [3.63, 3.8) is 0 Å². The molecule has 1 aromatic carbocycles. The van der Waals surface area contributed by atoms with E-state index in [0.717, 1.165) is 24.8 Å². The minimum absolute atomic E-state index is 0.190. The van der Waals surface area contributed by atoms with Crippen molar-refractivity contribution >= 4 is 28.8 Å². The summed E-state index contributed by atoms with van der Waals surface area (Å²) in [4.78, 5) is 18.7. The molecule has 1 aliphatic rings. The van der Waals surface area contributed by atoms with E-state index in [2.05, 4.69) is 4.98 Å². The number of hydrogen-bond donors (Lipinski definition) is 0. The predicted molar refractivity (Wildman–Crippen MR) is 88.6 cm³/mol. The van der Waals surface area contributed by atoms with Gasteiger partial charge < -0.3 is 9.15 Å².